The van der Waals surface area contributed by atoms with Crippen LogP contribution in [0.3, 0.4) is 0 Å². The summed E-state index contributed by atoms with van der Waals surface area (Å²) in [7, 11) is 0. The minimum absolute atomic E-state index is 0.0318. The van der Waals surface area contributed by atoms with Crippen LogP contribution in [0.15, 0.2) is 18.2 Å². The Morgan fingerprint density at radius 2 is 2.06 bits per heavy atom. The second-order valence-electron chi connectivity index (χ2n) is 4.17. The molecule has 1 heterocycles. The van der Waals surface area contributed by atoms with Crippen molar-refractivity contribution in [1.29, 1.82) is 0 Å². The first-order valence-electron chi connectivity index (χ1n) is 5.72. The molecule has 0 saturated heterocycles. The maximum Gasteiger partial charge on any atom is 0.299 e. The van der Waals surface area contributed by atoms with E-state index in [2.05, 4.69) is 0 Å². The van der Waals surface area contributed by atoms with E-state index in [1.807, 2.05) is 6.92 Å². The molecule has 0 aliphatic carbocycles. The van der Waals surface area contributed by atoms with Gasteiger partial charge in [0.2, 0.25) is 0 Å². The van der Waals surface area contributed by atoms with E-state index in [1.165, 1.54) is 12.1 Å². The Morgan fingerprint density at radius 1 is 1.33 bits per heavy atom. The predicted octanol–water partition coefficient (Wildman–Crippen LogP) is 1.72. The van der Waals surface area contributed by atoms with Gasteiger partial charge in [0.05, 0.1) is 17.8 Å². The van der Waals surface area contributed by atoms with Gasteiger partial charge in [-0.2, -0.15) is 0 Å². The van der Waals surface area contributed by atoms with Crippen LogP contribution in [0.2, 0.25) is 0 Å². The fourth-order valence-corrected chi connectivity index (χ4v) is 1.96. The fraction of sp³-hybridized carbons (Fsp3) is 0.308. The summed E-state index contributed by atoms with van der Waals surface area (Å²) in [5.74, 6) is -2.21. The number of nitrogens with zero attached hydrogens (tertiary/aromatic N) is 1. The predicted molar refractivity (Wildman–Crippen MR) is 63.0 cm³/mol. The van der Waals surface area contributed by atoms with Gasteiger partial charge in [-0.25, -0.2) is 4.39 Å². The fourth-order valence-electron chi connectivity index (χ4n) is 1.96. The standard InChI is InChI=1S/C13H12FNO3/c1-2-3-9(16)7-15-11-5-4-8(14)6-10(11)12(17)13(15)18/h4-6H,2-3,7H2,1H3. The van der Waals surface area contributed by atoms with Crippen molar-refractivity contribution in [3.05, 3.63) is 29.6 Å². The van der Waals surface area contributed by atoms with E-state index in [0.29, 0.717) is 18.5 Å². The lowest BCUT2D eigenvalue weighted by atomic mass is 10.1. The Hall–Kier alpha value is -2.04. The summed E-state index contributed by atoms with van der Waals surface area (Å²) in [6.45, 7) is 1.73. The second kappa shape index (κ2) is 4.68. The molecule has 5 heteroatoms. The van der Waals surface area contributed by atoms with Gasteiger partial charge < -0.3 is 0 Å². The highest BCUT2D eigenvalue weighted by molar-refractivity contribution is 6.52. The largest absolute Gasteiger partial charge is 0.299 e. The first-order valence-corrected chi connectivity index (χ1v) is 5.72. The minimum atomic E-state index is -0.764. The zero-order chi connectivity index (χ0) is 13.3. The normalized spacial score (nSPS) is 14.0. The van der Waals surface area contributed by atoms with E-state index >= 15 is 0 Å². The van der Waals surface area contributed by atoms with Crippen LogP contribution in [0.1, 0.15) is 30.1 Å². The van der Waals surface area contributed by atoms with Gasteiger partial charge in [0.1, 0.15) is 5.82 Å². The number of fused-ring (bicyclic) bond motifs is 1. The molecule has 0 aromatic heterocycles. The quantitative estimate of drug-likeness (QED) is 0.763. The average molecular weight is 249 g/mol. The van der Waals surface area contributed by atoms with E-state index < -0.39 is 17.5 Å². The number of benzene rings is 1. The smallest absolute Gasteiger partial charge is 0.298 e. The Bertz CT molecular complexity index is 539. The number of anilines is 1. The van der Waals surface area contributed by atoms with Crippen molar-refractivity contribution < 1.29 is 18.8 Å². The number of halogens is 1. The van der Waals surface area contributed by atoms with Gasteiger partial charge in [-0.15, -0.1) is 0 Å². The molecule has 1 aromatic carbocycles. The van der Waals surface area contributed by atoms with Crippen LogP contribution in [0.5, 0.6) is 0 Å². The molecule has 0 unspecified atom stereocenters. The molecular formula is C13H12FNO3. The van der Waals surface area contributed by atoms with E-state index in [0.717, 1.165) is 11.0 Å². The molecular weight excluding hydrogens is 237 g/mol. The molecule has 0 atom stereocenters. The van der Waals surface area contributed by atoms with Gasteiger partial charge in [-0.3, -0.25) is 19.3 Å². The van der Waals surface area contributed by atoms with Crippen molar-refractivity contribution >= 4 is 23.2 Å². The van der Waals surface area contributed by atoms with Gasteiger partial charge in [0.15, 0.2) is 5.78 Å². The van der Waals surface area contributed by atoms with Crippen LogP contribution in [0.4, 0.5) is 10.1 Å². The number of carbonyl (C=O) groups is 3. The first-order chi connectivity index (χ1) is 8.54. The lowest BCUT2D eigenvalue weighted by Gasteiger charge is -2.15. The highest BCUT2D eigenvalue weighted by Gasteiger charge is 2.36. The summed E-state index contributed by atoms with van der Waals surface area (Å²) in [6, 6.07) is 3.55. The SMILES string of the molecule is CCCC(=O)CN1C(=O)C(=O)c2cc(F)ccc21. The molecule has 1 aromatic rings. The molecule has 0 bridgehead atoms. The van der Waals surface area contributed by atoms with Gasteiger partial charge >= 0.3 is 0 Å². The lowest BCUT2D eigenvalue weighted by Crippen LogP contribution is -2.34. The van der Waals surface area contributed by atoms with Crippen LogP contribution in [-0.2, 0) is 9.59 Å². The molecule has 0 fully saturated rings. The van der Waals surface area contributed by atoms with Crippen molar-refractivity contribution in [2.45, 2.75) is 19.8 Å². The third-order valence-corrected chi connectivity index (χ3v) is 2.80. The average Bonchev–Trinajstić information content (AvgIpc) is 2.55. The summed E-state index contributed by atoms with van der Waals surface area (Å²) in [6.07, 6.45) is 1.04. The number of hydrogen-bond acceptors (Lipinski definition) is 3. The Morgan fingerprint density at radius 3 is 2.72 bits per heavy atom. The van der Waals surface area contributed by atoms with Gasteiger partial charge in [-0.05, 0) is 24.6 Å². The Balaban J connectivity index is 2.31. The highest BCUT2D eigenvalue weighted by Crippen LogP contribution is 2.29. The molecule has 0 spiro atoms. The van der Waals surface area contributed by atoms with E-state index in [1.54, 1.807) is 0 Å². The Kier molecular flexibility index (Phi) is 3.23. The number of rotatable bonds is 4. The topological polar surface area (TPSA) is 54.5 Å². The molecule has 1 aliphatic rings. The summed E-state index contributed by atoms with van der Waals surface area (Å²) in [5.41, 5.74) is 0.347. The maximum atomic E-state index is 13.0. The molecule has 0 radical (unpaired) electrons. The van der Waals surface area contributed by atoms with Crippen LogP contribution < -0.4 is 4.90 Å². The van der Waals surface area contributed by atoms with Crippen molar-refractivity contribution in [2.24, 2.45) is 0 Å². The second-order valence-corrected chi connectivity index (χ2v) is 4.17. The monoisotopic (exact) mass is 249 g/mol. The third kappa shape index (κ3) is 2.03. The maximum absolute atomic E-state index is 13.0. The van der Waals surface area contributed by atoms with Gasteiger partial charge in [-0.1, -0.05) is 6.92 Å². The van der Waals surface area contributed by atoms with Gasteiger partial charge in [0.25, 0.3) is 11.7 Å². The van der Waals surface area contributed by atoms with E-state index in [9.17, 15) is 18.8 Å². The Labute approximate surface area is 103 Å². The van der Waals surface area contributed by atoms with Crippen LogP contribution in [0.25, 0.3) is 0 Å². The molecule has 1 amide bonds. The highest BCUT2D eigenvalue weighted by atomic mass is 19.1. The number of carbonyl (C=O) groups excluding carboxylic acids is 3. The first kappa shape index (κ1) is 12.4. The van der Waals surface area contributed by atoms with Crippen molar-refractivity contribution in [3.8, 4) is 0 Å². The third-order valence-electron chi connectivity index (χ3n) is 2.80. The summed E-state index contributed by atoms with van der Waals surface area (Å²) in [4.78, 5) is 36.0. The number of amides is 1. The van der Waals surface area contributed by atoms with Crippen LogP contribution >= 0.6 is 0 Å². The van der Waals surface area contributed by atoms with E-state index in [4.69, 9.17) is 0 Å². The summed E-state index contributed by atoms with van der Waals surface area (Å²) < 4.78 is 13.0. The van der Waals surface area contributed by atoms with Crippen LogP contribution in [-0.4, -0.2) is 24.0 Å². The molecule has 4 nitrogen and oxygen atoms in total. The lowest BCUT2D eigenvalue weighted by molar-refractivity contribution is -0.120. The zero-order valence-electron chi connectivity index (χ0n) is 9.90. The molecule has 94 valence electrons. The summed E-state index contributed by atoms with van der Waals surface area (Å²) in [5, 5.41) is 0. The summed E-state index contributed by atoms with van der Waals surface area (Å²) >= 11 is 0. The molecule has 18 heavy (non-hydrogen) atoms. The van der Waals surface area contributed by atoms with Gasteiger partial charge in [0, 0.05) is 6.42 Å². The van der Waals surface area contributed by atoms with Crippen molar-refractivity contribution in [2.75, 3.05) is 11.4 Å². The minimum Gasteiger partial charge on any atom is -0.298 e. The number of Topliss-reactive ketones (excluding diaryl/α,β-unsaturated/α-hetero) is 2. The number of hydrogen-bond donors (Lipinski definition) is 0. The molecule has 2 rings (SSSR count). The molecule has 0 saturated carbocycles. The van der Waals surface area contributed by atoms with E-state index in [-0.39, 0.29) is 17.9 Å². The number of ketones is 2. The van der Waals surface area contributed by atoms with Crippen molar-refractivity contribution in [3.63, 3.8) is 0 Å². The molecule has 0 N–H and O–H groups in total. The molecule has 1 aliphatic heterocycles. The van der Waals surface area contributed by atoms with Crippen molar-refractivity contribution in [1.82, 2.24) is 0 Å². The zero-order valence-corrected chi connectivity index (χ0v) is 9.90. The van der Waals surface area contributed by atoms with Crippen LogP contribution in [0, 0.1) is 5.82 Å².